The molecule has 1 aliphatic heterocycles. The maximum atomic E-state index is 14.0. The maximum Gasteiger partial charge on any atom is 0.417 e. The van der Waals surface area contributed by atoms with Gasteiger partial charge >= 0.3 is 6.18 Å². The van der Waals surface area contributed by atoms with Crippen molar-refractivity contribution in [3.63, 3.8) is 0 Å². The number of hydrogen-bond acceptors (Lipinski definition) is 5. The predicted octanol–water partition coefficient (Wildman–Crippen LogP) is 6.27. The van der Waals surface area contributed by atoms with Crippen molar-refractivity contribution in [2.75, 3.05) is 5.32 Å². The molecular formula is C30H28BrF3N6O2. The fraction of sp³-hybridized carbons (Fsp3) is 0.333. The molecule has 42 heavy (non-hydrogen) atoms. The monoisotopic (exact) mass is 640 g/mol. The van der Waals surface area contributed by atoms with Crippen molar-refractivity contribution in [1.29, 1.82) is 0 Å². The lowest BCUT2D eigenvalue weighted by Crippen LogP contribution is -2.46. The summed E-state index contributed by atoms with van der Waals surface area (Å²) in [6, 6.07) is 8.89. The summed E-state index contributed by atoms with van der Waals surface area (Å²) in [6.07, 6.45) is 1.33. The summed E-state index contributed by atoms with van der Waals surface area (Å²) in [4.78, 5) is 38.3. The van der Waals surface area contributed by atoms with Crippen LogP contribution in [0.4, 0.5) is 19.1 Å². The van der Waals surface area contributed by atoms with Gasteiger partial charge in [-0.05, 0) is 69.5 Å². The van der Waals surface area contributed by atoms with Crippen molar-refractivity contribution < 1.29 is 18.0 Å². The smallest absolute Gasteiger partial charge is 0.349 e. The Morgan fingerprint density at radius 2 is 1.98 bits per heavy atom. The second kappa shape index (κ2) is 10.4. The molecule has 1 N–H and O–H groups in total. The highest BCUT2D eigenvalue weighted by Gasteiger charge is 2.36. The van der Waals surface area contributed by atoms with Crippen molar-refractivity contribution in [3.8, 4) is 5.69 Å². The molecule has 8 nitrogen and oxygen atoms in total. The summed E-state index contributed by atoms with van der Waals surface area (Å²) < 4.78 is 44.1. The van der Waals surface area contributed by atoms with Crippen LogP contribution in [0.2, 0.25) is 0 Å². The number of hydrogen-bond donors (Lipinski definition) is 1. The Morgan fingerprint density at radius 1 is 1.21 bits per heavy atom. The lowest BCUT2D eigenvalue weighted by molar-refractivity contribution is -0.138. The van der Waals surface area contributed by atoms with Crippen LogP contribution in [-0.2, 0) is 19.1 Å². The molecule has 0 unspecified atom stereocenters. The van der Waals surface area contributed by atoms with E-state index in [9.17, 15) is 22.8 Å². The molecule has 1 aliphatic carbocycles. The normalized spacial score (nSPS) is 17.7. The van der Waals surface area contributed by atoms with Crippen molar-refractivity contribution in [2.45, 2.75) is 64.0 Å². The van der Waals surface area contributed by atoms with Crippen LogP contribution in [0.1, 0.15) is 59.9 Å². The Kier molecular flexibility index (Phi) is 6.99. The van der Waals surface area contributed by atoms with Crippen molar-refractivity contribution >= 4 is 38.8 Å². The van der Waals surface area contributed by atoms with Gasteiger partial charge in [0.2, 0.25) is 5.95 Å². The number of fused-ring (bicyclic) bond motifs is 2. The number of carbonyl (C=O) groups is 1. The second-order valence-electron chi connectivity index (χ2n) is 10.9. The number of benzene rings is 2. The van der Waals surface area contributed by atoms with E-state index in [1.165, 1.54) is 21.6 Å². The maximum absolute atomic E-state index is 14.0. The number of nitrogens with zero attached hydrogens (tertiary/aromatic N) is 5. The van der Waals surface area contributed by atoms with E-state index in [1.807, 2.05) is 31.5 Å². The summed E-state index contributed by atoms with van der Waals surface area (Å²) in [5, 5.41) is 3.22. The molecule has 12 heteroatoms. The number of aromatic nitrogens is 4. The Hall–Kier alpha value is -3.93. The summed E-state index contributed by atoms with van der Waals surface area (Å²) in [7, 11) is 0. The summed E-state index contributed by atoms with van der Waals surface area (Å²) in [5.41, 5.74) is 1.93. The third-order valence-electron chi connectivity index (χ3n) is 7.86. The van der Waals surface area contributed by atoms with Crippen LogP contribution in [0.3, 0.4) is 0 Å². The lowest BCUT2D eigenvalue weighted by atomic mass is 9.98. The van der Waals surface area contributed by atoms with Crippen LogP contribution >= 0.6 is 15.9 Å². The first-order chi connectivity index (χ1) is 20.0. The van der Waals surface area contributed by atoms with Gasteiger partial charge in [-0.2, -0.15) is 13.2 Å². The number of halogens is 4. The quantitative estimate of drug-likeness (QED) is 0.251. The van der Waals surface area contributed by atoms with E-state index >= 15 is 0 Å². The first-order valence-corrected chi connectivity index (χ1v) is 14.4. The van der Waals surface area contributed by atoms with E-state index in [4.69, 9.17) is 4.98 Å². The Morgan fingerprint density at radius 3 is 2.67 bits per heavy atom. The minimum absolute atomic E-state index is 0.0230. The summed E-state index contributed by atoms with van der Waals surface area (Å²) >= 11 is 2.92. The third kappa shape index (κ3) is 5.01. The molecule has 218 valence electrons. The molecule has 2 atom stereocenters. The number of carbonyl (C=O) groups excluding carboxylic acids is 1. The van der Waals surface area contributed by atoms with Crippen LogP contribution < -0.4 is 10.9 Å². The zero-order valence-corrected chi connectivity index (χ0v) is 24.5. The Balaban J connectivity index is 1.40. The molecule has 2 aromatic carbocycles. The number of amides is 1. The SMILES string of the molecule is C=C[C@H](C)Nc1nc2c(c(=O)n1-c1ccc3c(c1)ncn3C1CC1)C[C@@H](C)N(C(=O)c1ccc(Br)c(C(F)(F)F)c1)C2. The standard InChI is InChI=1S/C30H28BrF3N6O2/c1-4-16(2)36-29-37-25-14-38(27(41)18-5-9-23(31)22(12-18)30(32,33)34)17(3)11-21(25)28(42)40(29)20-8-10-26-24(13-20)35-15-39(26)19-6-7-19/h4-5,8-10,12-13,15-17,19H,1,6-7,11,14H2,2-3H3,(H,36,37)/t16-,17+/m0/s1. The number of anilines is 1. The minimum Gasteiger partial charge on any atom is -0.349 e. The fourth-order valence-corrected chi connectivity index (χ4v) is 5.85. The highest BCUT2D eigenvalue weighted by Crippen LogP contribution is 2.38. The Bertz CT molecular complexity index is 1790. The number of alkyl halides is 3. The molecule has 3 heterocycles. The van der Waals surface area contributed by atoms with Gasteiger partial charge in [0.25, 0.3) is 11.5 Å². The highest BCUT2D eigenvalue weighted by molar-refractivity contribution is 9.10. The van der Waals surface area contributed by atoms with Gasteiger partial charge in [0, 0.05) is 33.7 Å². The van der Waals surface area contributed by atoms with E-state index in [0.717, 1.165) is 29.9 Å². The molecule has 4 aromatic rings. The number of rotatable bonds is 6. The number of nitrogens with one attached hydrogen (secondary N) is 1. The fourth-order valence-electron chi connectivity index (χ4n) is 5.37. The summed E-state index contributed by atoms with van der Waals surface area (Å²) in [5.74, 6) is -0.292. The summed E-state index contributed by atoms with van der Waals surface area (Å²) in [6.45, 7) is 7.44. The molecule has 2 aromatic heterocycles. The average Bonchev–Trinajstić information content (AvgIpc) is 3.71. The van der Waals surface area contributed by atoms with Gasteiger partial charge in [-0.3, -0.25) is 9.59 Å². The zero-order chi connectivity index (χ0) is 29.9. The van der Waals surface area contributed by atoms with Crippen LogP contribution in [0, 0.1) is 0 Å². The lowest BCUT2D eigenvalue weighted by Gasteiger charge is -2.35. The molecule has 0 bridgehead atoms. The molecule has 0 saturated heterocycles. The molecule has 0 radical (unpaired) electrons. The van der Waals surface area contributed by atoms with Gasteiger partial charge in [-0.25, -0.2) is 14.5 Å². The highest BCUT2D eigenvalue weighted by atomic mass is 79.9. The predicted molar refractivity (Wildman–Crippen MR) is 157 cm³/mol. The van der Waals surface area contributed by atoms with E-state index in [-0.39, 0.29) is 40.6 Å². The molecule has 1 saturated carbocycles. The first kappa shape index (κ1) is 28.2. The van der Waals surface area contributed by atoms with Gasteiger partial charge in [0.15, 0.2) is 0 Å². The second-order valence-corrected chi connectivity index (χ2v) is 11.8. The van der Waals surface area contributed by atoms with E-state index in [2.05, 4.69) is 37.4 Å². The molecule has 0 spiro atoms. The largest absolute Gasteiger partial charge is 0.417 e. The van der Waals surface area contributed by atoms with Crippen LogP contribution in [0.25, 0.3) is 16.7 Å². The van der Waals surface area contributed by atoms with E-state index < -0.39 is 23.7 Å². The molecule has 2 aliphatic rings. The van der Waals surface area contributed by atoms with Crippen molar-refractivity contribution in [1.82, 2.24) is 24.0 Å². The zero-order valence-electron chi connectivity index (χ0n) is 23.0. The van der Waals surface area contributed by atoms with Crippen LogP contribution in [-0.4, -0.2) is 42.0 Å². The van der Waals surface area contributed by atoms with Crippen molar-refractivity contribution in [3.05, 3.63) is 92.6 Å². The van der Waals surface area contributed by atoms with Crippen LogP contribution in [0.5, 0.6) is 0 Å². The average molecular weight is 641 g/mol. The Labute approximate surface area is 248 Å². The molecule has 1 fully saturated rings. The van der Waals surface area contributed by atoms with Gasteiger partial charge < -0.3 is 14.8 Å². The van der Waals surface area contributed by atoms with Crippen molar-refractivity contribution in [2.24, 2.45) is 0 Å². The van der Waals surface area contributed by atoms with Gasteiger partial charge in [-0.15, -0.1) is 6.58 Å². The van der Waals surface area contributed by atoms with E-state index in [0.29, 0.717) is 23.0 Å². The van der Waals surface area contributed by atoms with E-state index in [1.54, 1.807) is 13.0 Å². The first-order valence-electron chi connectivity index (χ1n) is 13.6. The third-order valence-corrected chi connectivity index (χ3v) is 8.55. The molecular weight excluding hydrogens is 613 g/mol. The topological polar surface area (TPSA) is 85.1 Å². The molecule has 6 rings (SSSR count). The van der Waals surface area contributed by atoms with Crippen LogP contribution in [0.15, 0.2) is 64.6 Å². The minimum atomic E-state index is -4.62. The van der Waals surface area contributed by atoms with Gasteiger partial charge in [-0.1, -0.05) is 22.0 Å². The molecule has 1 amide bonds. The van der Waals surface area contributed by atoms with Gasteiger partial charge in [0.05, 0.1) is 40.9 Å². The number of imidazole rings is 1. The van der Waals surface area contributed by atoms with Gasteiger partial charge in [0.1, 0.15) is 0 Å².